The van der Waals surface area contributed by atoms with Crippen molar-refractivity contribution in [2.75, 3.05) is 39.9 Å². The monoisotopic (exact) mass is 684 g/mol. The Morgan fingerprint density at radius 1 is 0.745 bits per heavy atom. The number of hydrogen-bond acceptors (Lipinski definition) is 10. The molecule has 0 spiro atoms. The minimum Gasteiger partial charge on any atom is -0.496 e. The van der Waals surface area contributed by atoms with E-state index >= 15 is 0 Å². The molecule has 6 heterocycles. The first kappa shape index (κ1) is 32.0. The number of benzene rings is 3. The third kappa shape index (κ3) is 6.13. The van der Waals surface area contributed by atoms with Gasteiger partial charge in [-0.05, 0) is 71.8 Å². The molecule has 7 aromatic rings. The number of nitrogens with zero attached hydrogens (tertiary/aromatic N) is 6. The molecule has 2 aliphatic heterocycles. The Morgan fingerprint density at radius 2 is 1.37 bits per heavy atom. The van der Waals surface area contributed by atoms with E-state index in [0.29, 0.717) is 12.0 Å². The highest BCUT2D eigenvalue weighted by atomic mass is 16.5. The van der Waals surface area contributed by atoms with Crippen LogP contribution in [0, 0.1) is 0 Å². The van der Waals surface area contributed by atoms with E-state index in [4.69, 9.17) is 24.0 Å². The lowest BCUT2D eigenvalue weighted by atomic mass is 10.1. The van der Waals surface area contributed by atoms with Gasteiger partial charge < -0.3 is 24.3 Å². The minimum absolute atomic E-state index is 0.380. The summed E-state index contributed by atoms with van der Waals surface area (Å²) in [6, 6.07) is 28.2. The molecule has 2 aliphatic rings. The number of nitrogens with one attached hydrogen (secondary N) is 2. The van der Waals surface area contributed by atoms with Crippen molar-refractivity contribution in [3.8, 4) is 39.8 Å². The maximum Gasteiger partial charge on any atom is 0.360 e. The van der Waals surface area contributed by atoms with Crippen LogP contribution in [-0.2, 0) is 17.8 Å². The summed E-state index contributed by atoms with van der Waals surface area (Å²) in [4.78, 5) is 22.0. The van der Waals surface area contributed by atoms with Gasteiger partial charge in [-0.15, -0.1) is 5.10 Å². The first-order valence-corrected chi connectivity index (χ1v) is 16.5. The van der Waals surface area contributed by atoms with Gasteiger partial charge in [0.15, 0.2) is 0 Å². The lowest BCUT2D eigenvalue weighted by Gasteiger charge is -2.34. The Kier molecular flexibility index (Phi) is 8.56. The van der Waals surface area contributed by atoms with Crippen molar-refractivity contribution in [2.45, 2.75) is 19.1 Å². The Labute approximate surface area is 293 Å². The third-order valence-electron chi connectivity index (χ3n) is 9.25. The van der Waals surface area contributed by atoms with Crippen molar-refractivity contribution in [1.82, 2.24) is 34.1 Å². The summed E-state index contributed by atoms with van der Waals surface area (Å²) in [6.07, 6.45) is 3.35. The van der Waals surface area contributed by atoms with Crippen LogP contribution in [0.2, 0.25) is 0 Å². The highest BCUT2D eigenvalue weighted by molar-refractivity contribution is 5.73. The second-order valence-electron chi connectivity index (χ2n) is 12.2. The molecule has 51 heavy (non-hydrogen) atoms. The highest BCUT2D eigenvalue weighted by Gasteiger charge is 2.31. The normalized spacial score (nSPS) is 14.1. The fourth-order valence-electron chi connectivity index (χ4n) is 6.55. The van der Waals surface area contributed by atoms with Gasteiger partial charge in [-0.2, -0.15) is 4.98 Å². The molecule has 0 aliphatic carbocycles. The number of ether oxygens (including phenoxy) is 4. The molecule has 0 atom stereocenters. The van der Waals surface area contributed by atoms with Crippen LogP contribution in [0.3, 0.4) is 0 Å². The molecule has 0 radical (unpaired) electrons. The zero-order valence-corrected chi connectivity index (χ0v) is 28.4. The average molecular weight is 685 g/mol. The van der Waals surface area contributed by atoms with Gasteiger partial charge in [0.05, 0.1) is 81.1 Å². The highest BCUT2D eigenvalue weighted by Crippen LogP contribution is 2.37. The number of aromatic nitrogens is 6. The van der Waals surface area contributed by atoms with Gasteiger partial charge in [-0.3, -0.25) is 9.42 Å². The standard InChI is InChI=1S/C25H25N5O3.C13H11N3O2/c1-31-23-6-4-3-5-20(23)22-8-7-18-11-26-25(28-30(18)22)27-21-9-16-12-29(19-14-33-15-19)13-17(16)10-24(21)32-2;1-18-12-5-3-2-4-10(12)11-7-6-9-8-14-13(17)15-16(9)11/h3-11,19H,12-15H2,1-2H3,(H,27,28);2-8H,1H3,(H,15,17). The van der Waals surface area contributed by atoms with Gasteiger partial charge in [0.25, 0.3) is 0 Å². The van der Waals surface area contributed by atoms with E-state index in [1.54, 1.807) is 25.8 Å². The van der Waals surface area contributed by atoms with Crippen LogP contribution in [0.1, 0.15) is 11.1 Å². The zero-order valence-electron chi connectivity index (χ0n) is 28.4. The van der Waals surface area contributed by atoms with Crippen LogP contribution >= 0.6 is 0 Å². The zero-order chi connectivity index (χ0) is 34.9. The molecule has 0 saturated carbocycles. The molecule has 0 bridgehead atoms. The first-order valence-electron chi connectivity index (χ1n) is 16.5. The van der Waals surface area contributed by atoms with Crippen molar-refractivity contribution in [2.24, 2.45) is 0 Å². The molecule has 9 rings (SSSR count). The van der Waals surface area contributed by atoms with E-state index in [-0.39, 0.29) is 5.69 Å². The molecule has 0 unspecified atom stereocenters. The molecule has 258 valence electrons. The summed E-state index contributed by atoms with van der Waals surface area (Å²) < 4.78 is 25.5. The lowest BCUT2D eigenvalue weighted by molar-refractivity contribution is -0.0669. The summed E-state index contributed by atoms with van der Waals surface area (Å²) in [5.74, 6) is 2.83. The predicted octanol–water partition coefficient (Wildman–Crippen LogP) is 5.57. The van der Waals surface area contributed by atoms with Crippen molar-refractivity contribution in [1.29, 1.82) is 0 Å². The van der Waals surface area contributed by atoms with Crippen LogP contribution < -0.4 is 25.2 Å². The van der Waals surface area contributed by atoms with Crippen LogP contribution in [0.15, 0.2) is 102 Å². The van der Waals surface area contributed by atoms with Gasteiger partial charge in [0.2, 0.25) is 5.95 Å². The molecule has 2 N–H and O–H groups in total. The number of H-pyrrole nitrogens is 1. The maximum absolute atomic E-state index is 11.3. The number of rotatable bonds is 8. The summed E-state index contributed by atoms with van der Waals surface area (Å²) >= 11 is 0. The SMILES string of the molecule is COc1cc2c(cc1Nc1ncc3ccc(-c4ccccc4OC)n3n1)CN(C1COC1)C2.COc1ccccc1-c1ccc2cnc(=O)[nH]n12. The van der Waals surface area contributed by atoms with E-state index in [1.807, 2.05) is 83.5 Å². The van der Waals surface area contributed by atoms with Crippen molar-refractivity contribution in [3.05, 3.63) is 119 Å². The van der Waals surface area contributed by atoms with E-state index in [2.05, 4.69) is 37.4 Å². The quantitative estimate of drug-likeness (QED) is 0.209. The second kappa shape index (κ2) is 13.6. The van der Waals surface area contributed by atoms with Crippen molar-refractivity contribution >= 4 is 22.7 Å². The molecule has 13 heteroatoms. The van der Waals surface area contributed by atoms with Crippen LogP contribution in [0.4, 0.5) is 11.6 Å². The molecular formula is C38H36N8O5. The summed E-state index contributed by atoms with van der Waals surface area (Å²) in [5, 5.41) is 10.8. The smallest absolute Gasteiger partial charge is 0.360 e. The summed E-state index contributed by atoms with van der Waals surface area (Å²) in [6.45, 7) is 3.47. The van der Waals surface area contributed by atoms with Crippen LogP contribution in [0.25, 0.3) is 33.5 Å². The number of hydrogen-bond donors (Lipinski definition) is 2. The van der Waals surface area contributed by atoms with Gasteiger partial charge >= 0.3 is 5.69 Å². The molecule has 4 aromatic heterocycles. The summed E-state index contributed by atoms with van der Waals surface area (Å²) in [7, 11) is 4.99. The number of anilines is 2. The molecule has 1 fully saturated rings. The van der Waals surface area contributed by atoms with Gasteiger partial charge in [-0.25, -0.2) is 19.4 Å². The maximum atomic E-state index is 11.3. The first-order chi connectivity index (χ1) is 25.0. The fourth-order valence-corrected chi connectivity index (χ4v) is 6.55. The van der Waals surface area contributed by atoms with Crippen LogP contribution in [0.5, 0.6) is 17.2 Å². The Balaban J connectivity index is 0.000000175. The Morgan fingerprint density at radius 3 is 2.06 bits per heavy atom. The lowest BCUT2D eigenvalue weighted by Crippen LogP contribution is -2.46. The van der Waals surface area contributed by atoms with Crippen molar-refractivity contribution in [3.63, 3.8) is 0 Å². The topological polar surface area (TPSA) is 133 Å². The second-order valence-corrected chi connectivity index (χ2v) is 12.2. The average Bonchev–Trinajstić information content (AvgIpc) is 3.87. The molecule has 13 nitrogen and oxygen atoms in total. The van der Waals surface area contributed by atoms with E-state index in [0.717, 1.165) is 82.8 Å². The van der Waals surface area contributed by atoms with E-state index < -0.39 is 0 Å². The largest absolute Gasteiger partial charge is 0.496 e. The minimum atomic E-state index is -0.380. The third-order valence-corrected chi connectivity index (χ3v) is 9.25. The Hall–Kier alpha value is -6.18. The number of aromatic amines is 1. The molecule has 0 amide bonds. The fraction of sp³-hybridized carbons (Fsp3) is 0.211. The van der Waals surface area contributed by atoms with E-state index in [1.165, 1.54) is 17.3 Å². The molecule has 3 aromatic carbocycles. The predicted molar refractivity (Wildman–Crippen MR) is 193 cm³/mol. The molecular weight excluding hydrogens is 648 g/mol. The van der Waals surface area contributed by atoms with Crippen molar-refractivity contribution < 1.29 is 18.9 Å². The summed E-state index contributed by atoms with van der Waals surface area (Å²) in [5.41, 5.74) is 8.49. The van der Waals surface area contributed by atoms with Gasteiger partial charge in [-0.1, -0.05) is 24.3 Å². The number of para-hydroxylation sites is 2. The number of fused-ring (bicyclic) bond motifs is 3. The van der Waals surface area contributed by atoms with Gasteiger partial charge in [0, 0.05) is 24.2 Å². The van der Waals surface area contributed by atoms with Gasteiger partial charge in [0.1, 0.15) is 17.2 Å². The van der Waals surface area contributed by atoms with Crippen LogP contribution in [-0.4, -0.2) is 74.7 Å². The Bertz CT molecular complexity index is 2410. The molecule has 1 saturated heterocycles. The number of methoxy groups -OCH3 is 3. The van der Waals surface area contributed by atoms with E-state index in [9.17, 15) is 4.79 Å².